The number of hydrogen-bond acceptors (Lipinski definition) is 3. The molecular weight excluding hydrogens is 705 g/mol. The average molecular weight is 745 g/mol. The minimum atomic E-state index is -0.148. The van der Waals surface area contributed by atoms with E-state index in [1.54, 1.807) is 0 Å². The van der Waals surface area contributed by atoms with Crippen LogP contribution in [0.4, 0.5) is 34.1 Å². The van der Waals surface area contributed by atoms with Crippen molar-refractivity contribution in [2.45, 2.75) is 19.3 Å². The number of hydrogen-bond donors (Lipinski definition) is 0. The Labute approximate surface area is 339 Å². The second-order valence-corrected chi connectivity index (χ2v) is 15.7. The van der Waals surface area contributed by atoms with E-state index in [4.69, 9.17) is 4.74 Å². The van der Waals surface area contributed by atoms with Crippen molar-refractivity contribution < 1.29 is 4.74 Å². The Bertz CT molecular complexity index is 2950. The summed E-state index contributed by atoms with van der Waals surface area (Å²) in [5.41, 5.74) is 16.0. The molecule has 9 aromatic carbocycles. The van der Waals surface area contributed by atoms with E-state index >= 15 is 0 Å². The van der Waals surface area contributed by atoms with Crippen molar-refractivity contribution in [3.63, 3.8) is 0 Å². The minimum absolute atomic E-state index is 0.148. The molecule has 3 nitrogen and oxygen atoms in total. The second-order valence-electron chi connectivity index (χ2n) is 15.7. The van der Waals surface area contributed by atoms with Crippen LogP contribution in [0.1, 0.15) is 25.0 Å². The highest BCUT2D eigenvalue weighted by Crippen LogP contribution is 2.59. The summed E-state index contributed by atoms with van der Waals surface area (Å²) in [6.07, 6.45) is 0. The van der Waals surface area contributed by atoms with E-state index < -0.39 is 0 Å². The van der Waals surface area contributed by atoms with Crippen LogP contribution < -0.4 is 14.5 Å². The van der Waals surface area contributed by atoms with Crippen molar-refractivity contribution >= 4 is 44.9 Å². The van der Waals surface area contributed by atoms with E-state index in [0.717, 1.165) is 67.5 Å². The van der Waals surface area contributed by atoms with Crippen molar-refractivity contribution in [3.05, 3.63) is 217 Å². The van der Waals surface area contributed by atoms with Gasteiger partial charge in [-0.25, -0.2) is 0 Å². The molecular formula is C55H40N2O. The number of nitrogens with zero attached hydrogens (tertiary/aromatic N) is 2. The van der Waals surface area contributed by atoms with Gasteiger partial charge in [0.15, 0.2) is 5.75 Å². The van der Waals surface area contributed by atoms with E-state index in [-0.39, 0.29) is 5.41 Å². The molecule has 0 aromatic heterocycles. The van der Waals surface area contributed by atoms with Gasteiger partial charge in [-0.3, -0.25) is 0 Å². The lowest BCUT2D eigenvalue weighted by Gasteiger charge is -2.34. The number of benzene rings is 9. The van der Waals surface area contributed by atoms with Gasteiger partial charge in [0.25, 0.3) is 0 Å². The molecule has 1 aliphatic heterocycles. The summed E-state index contributed by atoms with van der Waals surface area (Å²) >= 11 is 0. The van der Waals surface area contributed by atoms with Gasteiger partial charge in [-0.15, -0.1) is 0 Å². The van der Waals surface area contributed by atoms with E-state index in [9.17, 15) is 0 Å². The molecule has 0 fully saturated rings. The molecule has 3 heteroatoms. The van der Waals surface area contributed by atoms with Crippen LogP contribution in [0.3, 0.4) is 0 Å². The van der Waals surface area contributed by atoms with Crippen LogP contribution in [0.5, 0.6) is 11.5 Å². The second kappa shape index (κ2) is 13.4. The number of para-hydroxylation sites is 2. The van der Waals surface area contributed by atoms with Gasteiger partial charge >= 0.3 is 0 Å². The van der Waals surface area contributed by atoms with E-state index in [2.05, 4.69) is 230 Å². The third-order valence-electron chi connectivity index (χ3n) is 12.0. The largest absolute Gasteiger partial charge is 0.454 e. The smallest absolute Gasteiger partial charge is 0.159 e. The SMILES string of the molecule is CC1(C)c2ccccc2-c2c(N(c3ccc(-c4ccccc4)cc3)c3ccc4cccc5c4c3Oc3cccc(N(c4ccccc4)c4ccccc4)c3-5)cccc21. The summed E-state index contributed by atoms with van der Waals surface area (Å²) < 4.78 is 7.32. The Kier molecular flexibility index (Phi) is 7.84. The third-order valence-corrected chi connectivity index (χ3v) is 12.0. The van der Waals surface area contributed by atoms with Crippen LogP contribution in [0.15, 0.2) is 206 Å². The first-order chi connectivity index (χ1) is 28.6. The zero-order chi connectivity index (χ0) is 38.8. The van der Waals surface area contributed by atoms with Crippen molar-refractivity contribution in [2.75, 3.05) is 9.80 Å². The Hall–Kier alpha value is -7.36. The monoisotopic (exact) mass is 744 g/mol. The molecule has 11 rings (SSSR count). The van der Waals surface area contributed by atoms with Crippen LogP contribution in [0.2, 0.25) is 0 Å². The molecule has 0 N–H and O–H groups in total. The molecule has 276 valence electrons. The van der Waals surface area contributed by atoms with Crippen molar-refractivity contribution in [2.24, 2.45) is 0 Å². The van der Waals surface area contributed by atoms with Gasteiger partial charge in [0.1, 0.15) is 5.75 Å². The maximum absolute atomic E-state index is 7.32. The van der Waals surface area contributed by atoms with E-state index in [1.807, 2.05) is 0 Å². The van der Waals surface area contributed by atoms with Gasteiger partial charge < -0.3 is 14.5 Å². The topological polar surface area (TPSA) is 15.7 Å². The number of rotatable bonds is 7. The summed E-state index contributed by atoms with van der Waals surface area (Å²) in [5.74, 6) is 1.67. The highest BCUT2D eigenvalue weighted by Gasteiger charge is 2.38. The molecule has 9 aromatic rings. The Morgan fingerprint density at radius 2 is 0.931 bits per heavy atom. The molecule has 0 spiro atoms. The van der Waals surface area contributed by atoms with Gasteiger partial charge in [-0.2, -0.15) is 0 Å². The van der Waals surface area contributed by atoms with Gasteiger partial charge in [-0.1, -0.05) is 159 Å². The Morgan fingerprint density at radius 1 is 0.379 bits per heavy atom. The first kappa shape index (κ1) is 33.9. The van der Waals surface area contributed by atoms with Crippen molar-refractivity contribution in [3.8, 4) is 44.9 Å². The standard InChI is InChI=1S/C55H40N2O/c1-55(2)45-26-13-12-24-43(45)52-46(55)27-15-28-47(52)57(42-34-31-38(32-35-42)37-17-6-3-7-18-37)49-36-33-39-19-14-25-44-51(39)54(49)58-50-30-16-29-48(53(44)50)56(40-20-8-4-9-21-40)41-22-10-5-11-23-41/h3-36H,1-2H3. The Balaban J connectivity index is 1.16. The first-order valence-corrected chi connectivity index (χ1v) is 20.0. The van der Waals surface area contributed by atoms with Gasteiger partial charge in [-0.05, 0) is 99.4 Å². The highest BCUT2D eigenvalue weighted by atomic mass is 16.5. The van der Waals surface area contributed by atoms with Crippen LogP contribution in [-0.2, 0) is 5.41 Å². The average Bonchev–Trinajstić information content (AvgIpc) is 3.52. The summed E-state index contributed by atoms with van der Waals surface area (Å²) in [7, 11) is 0. The summed E-state index contributed by atoms with van der Waals surface area (Å²) in [6, 6.07) is 74.0. The summed E-state index contributed by atoms with van der Waals surface area (Å²) in [4.78, 5) is 4.76. The maximum atomic E-state index is 7.32. The minimum Gasteiger partial charge on any atom is -0.454 e. The van der Waals surface area contributed by atoms with Crippen LogP contribution >= 0.6 is 0 Å². The maximum Gasteiger partial charge on any atom is 0.159 e. The van der Waals surface area contributed by atoms with Gasteiger partial charge in [0.2, 0.25) is 0 Å². The fraction of sp³-hybridized carbons (Fsp3) is 0.0545. The molecule has 0 amide bonds. The summed E-state index contributed by atoms with van der Waals surface area (Å²) in [5, 5.41) is 2.23. The lowest BCUT2D eigenvalue weighted by molar-refractivity contribution is 0.488. The molecule has 0 radical (unpaired) electrons. The molecule has 0 unspecified atom stereocenters. The molecule has 58 heavy (non-hydrogen) atoms. The Morgan fingerprint density at radius 3 is 1.66 bits per heavy atom. The lowest BCUT2D eigenvalue weighted by atomic mass is 9.82. The normalized spacial score (nSPS) is 12.9. The summed E-state index contributed by atoms with van der Waals surface area (Å²) in [6.45, 7) is 4.69. The van der Waals surface area contributed by atoms with Crippen molar-refractivity contribution in [1.29, 1.82) is 0 Å². The van der Waals surface area contributed by atoms with Crippen LogP contribution in [0, 0.1) is 0 Å². The van der Waals surface area contributed by atoms with E-state index in [1.165, 1.54) is 33.4 Å². The molecule has 0 atom stereocenters. The lowest BCUT2D eigenvalue weighted by Crippen LogP contribution is -2.16. The fourth-order valence-electron chi connectivity index (χ4n) is 9.34. The molecule has 1 heterocycles. The zero-order valence-electron chi connectivity index (χ0n) is 32.4. The predicted octanol–water partition coefficient (Wildman–Crippen LogP) is 15.5. The molecule has 2 aliphatic rings. The van der Waals surface area contributed by atoms with Crippen molar-refractivity contribution in [1.82, 2.24) is 0 Å². The zero-order valence-corrected chi connectivity index (χ0v) is 32.4. The van der Waals surface area contributed by atoms with Crippen LogP contribution in [-0.4, -0.2) is 0 Å². The molecule has 0 bridgehead atoms. The highest BCUT2D eigenvalue weighted by molar-refractivity contribution is 6.11. The predicted molar refractivity (Wildman–Crippen MR) is 242 cm³/mol. The quantitative estimate of drug-likeness (QED) is 0.162. The van der Waals surface area contributed by atoms with E-state index in [0.29, 0.717) is 0 Å². The molecule has 0 saturated heterocycles. The number of anilines is 6. The first-order valence-electron chi connectivity index (χ1n) is 20.0. The number of fused-ring (bicyclic) bond motifs is 5. The van der Waals surface area contributed by atoms with Gasteiger partial charge in [0.05, 0.1) is 17.1 Å². The van der Waals surface area contributed by atoms with Gasteiger partial charge in [0, 0.05) is 39.0 Å². The fourth-order valence-corrected chi connectivity index (χ4v) is 9.34. The third kappa shape index (κ3) is 5.28. The van der Waals surface area contributed by atoms with Crippen LogP contribution in [0.25, 0.3) is 44.2 Å². The number of ether oxygens (including phenoxy) is 1. The molecule has 1 aliphatic carbocycles. The molecule has 0 saturated carbocycles.